The second kappa shape index (κ2) is 7.16. The van der Waals surface area contributed by atoms with Crippen LogP contribution in [0.15, 0.2) is 24.3 Å². The van der Waals surface area contributed by atoms with Gasteiger partial charge in [0.2, 0.25) is 0 Å². The first kappa shape index (κ1) is 18.2. The Bertz CT molecular complexity index is 651. The van der Waals surface area contributed by atoms with E-state index in [1.165, 1.54) is 0 Å². The molecule has 0 amide bonds. The molecule has 24 heavy (non-hydrogen) atoms. The molecule has 0 heterocycles. The topological polar surface area (TPSA) is 80.7 Å². The van der Waals surface area contributed by atoms with Crippen LogP contribution in [-0.4, -0.2) is 29.4 Å². The summed E-state index contributed by atoms with van der Waals surface area (Å²) in [5.74, 6) is -3.73. The lowest BCUT2D eigenvalue weighted by atomic mass is 9.56. The summed E-state index contributed by atoms with van der Waals surface area (Å²) in [5.41, 5.74) is -0.343. The number of carboxylic acids is 1. The number of ketones is 1. The van der Waals surface area contributed by atoms with Crippen LogP contribution in [0.25, 0.3) is 0 Å². The Morgan fingerprint density at radius 2 is 1.96 bits per heavy atom. The van der Waals surface area contributed by atoms with Gasteiger partial charge in [0.1, 0.15) is 5.41 Å². The molecular formula is C19H24O5. The number of benzene rings is 1. The van der Waals surface area contributed by atoms with E-state index in [9.17, 15) is 19.5 Å². The summed E-state index contributed by atoms with van der Waals surface area (Å²) in [6.07, 6.45) is 1.22. The molecule has 2 rings (SSSR count). The zero-order valence-corrected chi connectivity index (χ0v) is 14.4. The number of carboxylic acid groups (broad SMARTS) is 1. The van der Waals surface area contributed by atoms with Gasteiger partial charge in [-0.15, -0.1) is 0 Å². The molecule has 5 nitrogen and oxygen atoms in total. The molecule has 0 aliphatic heterocycles. The van der Waals surface area contributed by atoms with Gasteiger partial charge in [0.05, 0.1) is 12.5 Å². The summed E-state index contributed by atoms with van der Waals surface area (Å²) in [7, 11) is 0. The van der Waals surface area contributed by atoms with E-state index in [4.69, 9.17) is 4.74 Å². The Balaban J connectivity index is 2.73. The molecule has 0 radical (unpaired) electrons. The molecule has 0 saturated carbocycles. The van der Waals surface area contributed by atoms with Crippen molar-refractivity contribution in [2.24, 2.45) is 17.3 Å². The number of aliphatic carboxylic acids is 1. The van der Waals surface area contributed by atoms with Crippen LogP contribution in [0.2, 0.25) is 0 Å². The van der Waals surface area contributed by atoms with Gasteiger partial charge >= 0.3 is 11.9 Å². The van der Waals surface area contributed by atoms with Crippen molar-refractivity contribution >= 4 is 17.7 Å². The molecule has 1 aliphatic carbocycles. The molecule has 3 unspecified atom stereocenters. The van der Waals surface area contributed by atoms with Crippen molar-refractivity contribution in [2.45, 2.75) is 40.0 Å². The summed E-state index contributed by atoms with van der Waals surface area (Å²) in [5, 5.41) is 9.73. The van der Waals surface area contributed by atoms with E-state index in [0.717, 1.165) is 5.56 Å². The molecule has 3 atom stereocenters. The van der Waals surface area contributed by atoms with Gasteiger partial charge in [-0.25, -0.2) is 0 Å². The van der Waals surface area contributed by atoms with Gasteiger partial charge in [0, 0.05) is 5.56 Å². The molecule has 1 aromatic rings. The van der Waals surface area contributed by atoms with Crippen LogP contribution in [0.5, 0.6) is 0 Å². The molecule has 5 heteroatoms. The number of ether oxygens (including phenoxy) is 1. The van der Waals surface area contributed by atoms with Crippen molar-refractivity contribution in [2.75, 3.05) is 6.61 Å². The number of hydrogen-bond donors (Lipinski definition) is 1. The van der Waals surface area contributed by atoms with Crippen molar-refractivity contribution in [3.05, 3.63) is 35.4 Å². The summed E-state index contributed by atoms with van der Waals surface area (Å²) in [6.45, 7) is 5.35. The Kier molecular flexibility index (Phi) is 5.42. The van der Waals surface area contributed by atoms with Gasteiger partial charge in [-0.2, -0.15) is 0 Å². The van der Waals surface area contributed by atoms with Crippen molar-refractivity contribution < 1.29 is 24.2 Å². The largest absolute Gasteiger partial charge is 0.481 e. The maximum atomic E-state index is 13.4. The van der Waals surface area contributed by atoms with E-state index in [1.54, 1.807) is 26.0 Å². The molecule has 1 aliphatic rings. The third-order valence-corrected chi connectivity index (χ3v) is 5.11. The van der Waals surface area contributed by atoms with E-state index in [0.29, 0.717) is 18.4 Å². The summed E-state index contributed by atoms with van der Waals surface area (Å²) >= 11 is 0. The highest BCUT2D eigenvalue weighted by Gasteiger charge is 2.61. The lowest BCUT2D eigenvalue weighted by molar-refractivity contribution is -0.168. The Hall–Kier alpha value is -2.17. The van der Waals surface area contributed by atoms with E-state index in [2.05, 4.69) is 0 Å². The van der Waals surface area contributed by atoms with Crippen LogP contribution < -0.4 is 0 Å². The third-order valence-electron chi connectivity index (χ3n) is 5.11. The fourth-order valence-corrected chi connectivity index (χ4v) is 4.01. The molecule has 0 bridgehead atoms. The first-order valence-electron chi connectivity index (χ1n) is 8.47. The summed E-state index contributed by atoms with van der Waals surface area (Å²) < 4.78 is 5.21. The maximum Gasteiger partial charge on any atom is 0.321 e. The number of Topliss-reactive ketones (excluding diaryl/α,β-unsaturated/α-hetero) is 1. The average molecular weight is 332 g/mol. The number of carbonyl (C=O) groups is 3. The Morgan fingerprint density at radius 3 is 2.50 bits per heavy atom. The lowest BCUT2D eigenvalue weighted by Crippen LogP contribution is -2.57. The van der Waals surface area contributed by atoms with Crippen molar-refractivity contribution in [1.29, 1.82) is 0 Å². The van der Waals surface area contributed by atoms with E-state index in [1.807, 2.05) is 19.1 Å². The predicted octanol–water partition coefficient (Wildman–Crippen LogP) is 3.11. The summed E-state index contributed by atoms with van der Waals surface area (Å²) in [6, 6.07) is 7.13. The van der Waals surface area contributed by atoms with Crippen LogP contribution in [0.3, 0.4) is 0 Å². The van der Waals surface area contributed by atoms with Gasteiger partial charge in [-0.05, 0) is 31.2 Å². The minimum absolute atomic E-state index is 0.113. The van der Waals surface area contributed by atoms with Crippen LogP contribution in [0, 0.1) is 17.3 Å². The third kappa shape index (κ3) is 2.62. The SMILES string of the molecule is CCOC(=O)C1(C(CC)C(=O)O)C(=O)c2ccccc2CC1CC. The van der Waals surface area contributed by atoms with Crippen LogP contribution >= 0.6 is 0 Å². The summed E-state index contributed by atoms with van der Waals surface area (Å²) in [4.78, 5) is 38.2. The first-order valence-corrected chi connectivity index (χ1v) is 8.47. The van der Waals surface area contributed by atoms with E-state index in [-0.39, 0.29) is 18.9 Å². The molecule has 0 saturated heterocycles. The highest BCUT2D eigenvalue weighted by molar-refractivity contribution is 6.16. The van der Waals surface area contributed by atoms with Crippen LogP contribution in [0.1, 0.15) is 49.5 Å². The molecule has 0 fully saturated rings. The van der Waals surface area contributed by atoms with Gasteiger partial charge in [-0.1, -0.05) is 44.5 Å². The minimum Gasteiger partial charge on any atom is -0.481 e. The number of rotatable bonds is 6. The Morgan fingerprint density at radius 1 is 1.29 bits per heavy atom. The lowest BCUT2D eigenvalue weighted by Gasteiger charge is -2.44. The molecule has 0 aromatic heterocycles. The quantitative estimate of drug-likeness (QED) is 0.639. The van der Waals surface area contributed by atoms with Crippen molar-refractivity contribution in [1.82, 2.24) is 0 Å². The molecule has 130 valence electrons. The number of carbonyl (C=O) groups excluding carboxylic acids is 2. The van der Waals surface area contributed by atoms with Crippen LogP contribution in [-0.2, 0) is 20.7 Å². The fourth-order valence-electron chi connectivity index (χ4n) is 4.01. The van der Waals surface area contributed by atoms with Gasteiger partial charge in [0.25, 0.3) is 0 Å². The average Bonchev–Trinajstić information content (AvgIpc) is 2.57. The molecule has 0 spiro atoms. The van der Waals surface area contributed by atoms with Gasteiger partial charge in [0.15, 0.2) is 5.78 Å². The number of esters is 1. The monoisotopic (exact) mass is 332 g/mol. The second-order valence-electron chi connectivity index (χ2n) is 6.18. The highest BCUT2D eigenvalue weighted by atomic mass is 16.5. The van der Waals surface area contributed by atoms with Crippen LogP contribution in [0.4, 0.5) is 0 Å². The number of fused-ring (bicyclic) bond motifs is 1. The van der Waals surface area contributed by atoms with Crippen molar-refractivity contribution in [3.8, 4) is 0 Å². The first-order chi connectivity index (χ1) is 11.4. The standard InChI is InChI=1S/C19H24O5/c1-4-13-11-12-9-7-8-10-14(12)16(20)19(13,18(23)24-6-3)15(5-2)17(21)22/h7-10,13,15H,4-6,11H2,1-3H3,(H,21,22). The molecule has 1 N–H and O–H groups in total. The normalized spacial score (nSPS) is 24.1. The fraction of sp³-hybridized carbons (Fsp3) is 0.526. The van der Waals surface area contributed by atoms with Gasteiger partial charge in [-0.3, -0.25) is 14.4 Å². The predicted molar refractivity (Wildman–Crippen MR) is 88.7 cm³/mol. The smallest absolute Gasteiger partial charge is 0.321 e. The molecular weight excluding hydrogens is 308 g/mol. The zero-order chi connectivity index (χ0) is 17.9. The van der Waals surface area contributed by atoms with E-state index < -0.39 is 29.1 Å². The highest BCUT2D eigenvalue weighted by Crippen LogP contribution is 2.49. The Labute approximate surface area is 142 Å². The van der Waals surface area contributed by atoms with Gasteiger partial charge < -0.3 is 9.84 Å². The molecule has 1 aromatic carbocycles. The maximum absolute atomic E-state index is 13.4. The minimum atomic E-state index is -1.65. The van der Waals surface area contributed by atoms with E-state index >= 15 is 0 Å². The zero-order valence-electron chi connectivity index (χ0n) is 14.4. The number of hydrogen-bond acceptors (Lipinski definition) is 4. The second-order valence-corrected chi connectivity index (χ2v) is 6.18. The van der Waals surface area contributed by atoms with Crippen molar-refractivity contribution in [3.63, 3.8) is 0 Å².